The molecule has 12 heteroatoms. The number of hydrogen-bond acceptors (Lipinski definition) is 12. The summed E-state index contributed by atoms with van der Waals surface area (Å²) in [5.74, 6) is -2.84. The van der Waals surface area contributed by atoms with Crippen LogP contribution in [0.2, 0.25) is 0 Å². The molecule has 0 bridgehead atoms. The van der Waals surface area contributed by atoms with Crippen molar-refractivity contribution in [1.29, 1.82) is 0 Å². The minimum Gasteiger partial charge on any atom is -0.464 e. The zero-order chi connectivity index (χ0) is 29.7. The fourth-order valence-electron chi connectivity index (χ4n) is 4.58. The summed E-state index contributed by atoms with van der Waals surface area (Å²) in [6.45, 7) is 2.69. The third kappa shape index (κ3) is 7.09. The lowest BCUT2D eigenvalue weighted by Gasteiger charge is -2.42. The van der Waals surface area contributed by atoms with Crippen LogP contribution in [-0.4, -0.2) is 71.2 Å². The summed E-state index contributed by atoms with van der Waals surface area (Å²) in [6, 6.07) is 11.7. The third-order valence-corrected chi connectivity index (χ3v) is 6.32. The van der Waals surface area contributed by atoms with E-state index in [1.54, 1.807) is 12.3 Å². The molecule has 0 spiro atoms. The summed E-state index contributed by atoms with van der Waals surface area (Å²) in [6.07, 6.45) is -5.40. The van der Waals surface area contributed by atoms with Gasteiger partial charge in [0.1, 0.15) is 34.9 Å². The zero-order valence-corrected chi connectivity index (χ0v) is 22.6. The van der Waals surface area contributed by atoms with Gasteiger partial charge in [0.05, 0.1) is 12.9 Å². The SMILES string of the molecule is CC(=O)Oc1cccc(O[C@@H]2O[C@H](CO)[C@@H](O)[C@H](OC(C)=O)[C@H]2OC(C)=O)c1C(=O)CCc1ccc2occc2c1. The molecular weight excluding hydrogens is 540 g/mol. The Bertz CT molecular complexity index is 1430. The molecule has 1 aliphatic heterocycles. The number of aliphatic hydroxyl groups excluding tert-OH is 2. The molecule has 2 aromatic carbocycles. The number of benzene rings is 2. The second-order valence-corrected chi connectivity index (χ2v) is 9.42. The van der Waals surface area contributed by atoms with E-state index >= 15 is 0 Å². The lowest BCUT2D eigenvalue weighted by Crippen LogP contribution is -2.62. The summed E-state index contributed by atoms with van der Waals surface area (Å²) in [5, 5.41) is 21.3. The molecule has 0 unspecified atom stereocenters. The molecule has 0 saturated carbocycles. The molecule has 5 atom stereocenters. The van der Waals surface area contributed by atoms with Gasteiger partial charge in [-0.15, -0.1) is 0 Å². The van der Waals surface area contributed by atoms with Gasteiger partial charge in [-0.1, -0.05) is 12.1 Å². The molecule has 4 rings (SSSR count). The molecule has 1 aliphatic rings. The maximum atomic E-state index is 13.6. The van der Waals surface area contributed by atoms with Crippen molar-refractivity contribution in [1.82, 2.24) is 0 Å². The molecule has 0 radical (unpaired) electrons. The number of aliphatic hydroxyl groups is 2. The van der Waals surface area contributed by atoms with Crippen LogP contribution in [0.1, 0.15) is 43.1 Å². The summed E-state index contributed by atoms with van der Waals surface area (Å²) in [4.78, 5) is 49.1. The van der Waals surface area contributed by atoms with Gasteiger partial charge in [0.25, 0.3) is 0 Å². The Kier molecular flexibility index (Phi) is 9.38. The minimum absolute atomic E-state index is 0.00491. The highest BCUT2D eigenvalue weighted by Gasteiger charge is 2.50. The van der Waals surface area contributed by atoms with Crippen LogP contribution in [0.15, 0.2) is 53.1 Å². The number of ether oxygens (including phenoxy) is 5. The van der Waals surface area contributed by atoms with Crippen molar-refractivity contribution in [3.8, 4) is 11.5 Å². The van der Waals surface area contributed by atoms with Crippen molar-refractivity contribution in [3.63, 3.8) is 0 Å². The first-order valence-electron chi connectivity index (χ1n) is 12.8. The summed E-state index contributed by atoms with van der Waals surface area (Å²) in [5.41, 5.74) is 1.51. The van der Waals surface area contributed by atoms with Crippen molar-refractivity contribution in [3.05, 3.63) is 59.9 Å². The Hall–Kier alpha value is -4.26. The van der Waals surface area contributed by atoms with E-state index in [0.29, 0.717) is 12.0 Å². The van der Waals surface area contributed by atoms with E-state index in [0.717, 1.165) is 24.8 Å². The second-order valence-electron chi connectivity index (χ2n) is 9.42. The Morgan fingerprint density at radius 3 is 2.29 bits per heavy atom. The number of aryl methyl sites for hydroxylation is 1. The van der Waals surface area contributed by atoms with E-state index in [-0.39, 0.29) is 23.5 Å². The van der Waals surface area contributed by atoms with Crippen LogP contribution in [0.3, 0.4) is 0 Å². The minimum atomic E-state index is -1.56. The van der Waals surface area contributed by atoms with E-state index in [4.69, 9.17) is 28.1 Å². The Morgan fingerprint density at radius 2 is 1.61 bits per heavy atom. The van der Waals surface area contributed by atoms with Crippen molar-refractivity contribution in [2.24, 2.45) is 0 Å². The van der Waals surface area contributed by atoms with Crippen molar-refractivity contribution >= 4 is 34.7 Å². The van der Waals surface area contributed by atoms with Crippen LogP contribution < -0.4 is 9.47 Å². The van der Waals surface area contributed by atoms with Gasteiger partial charge in [-0.2, -0.15) is 0 Å². The molecule has 2 N–H and O–H groups in total. The molecule has 1 fully saturated rings. The third-order valence-electron chi connectivity index (χ3n) is 6.32. The van der Waals surface area contributed by atoms with Crippen molar-refractivity contribution in [2.75, 3.05) is 6.61 Å². The standard InChI is InChI=1S/C29H30O12/c1-15(31)37-22-5-4-6-23(25(22)20(34)9-7-18-8-10-21-19(13-18)11-12-36-21)40-29-28(39-17(3)33)27(38-16(2)32)26(35)24(14-30)41-29/h4-6,8,10-13,24,26-30,35H,7,9,14H2,1-3H3/t24-,26-,27+,28-,29-/m1/s1. The largest absolute Gasteiger partial charge is 0.464 e. The number of rotatable bonds is 10. The molecule has 3 aromatic rings. The number of carbonyl (C=O) groups excluding carboxylic acids is 4. The molecule has 2 heterocycles. The number of esters is 3. The van der Waals surface area contributed by atoms with Gasteiger partial charge in [0, 0.05) is 32.6 Å². The average molecular weight is 571 g/mol. The predicted molar refractivity (Wildman–Crippen MR) is 140 cm³/mol. The highest BCUT2D eigenvalue weighted by molar-refractivity contribution is 6.02. The second kappa shape index (κ2) is 12.9. The summed E-state index contributed by atoms with van der Waals surface area (Å²) >= 11 is 0. The highest BCUT2D eigenvalue weighted by atomic mass is 16.7. The topological polar surface area (TPSA) is 168 Å². The van der Waals surface area contributed by atoms with Gasteiger partial charge in [-0.25, -0.2) is 0 Å². The lowest BCUT2D eigenvalue weighted by atomic mass is 9.98. The molecular formula is C29H30O12. The normalized spacial score (nSPS) is 22.1. The molecule has 1 aromatic heterocycles. The first-order chi connectivity index (χ1) is 19.6. The number of Topliss-reactive ketones (excluding diaryl/α,β-unsaturated/α-hetero) is 1. The molecule has 218 valence electrons. The monoisotopic (exact) mass is 570 g/mol. The molecule has 41 heavy (non-hydrogen) atoms. The van der Waals surface area contributed by atoms with E-state index < -0.39 is 61.0 Å². The maximum absolute atomic E-state index is 13.6. The van der Waals surface area contributed by atoms with Gasteiger partial charge in [-0.3, -0.25) is 19.2 Å². The molecule has 0 amide bonds. The quantitative estimate of drug-likeness (QED) is 0.208. The van der Waals surface area contributed by atoms with E-state index in [9.17, 15) is 29.4 Å². The lowest BCUT2D eigenvalue weighted by molar-refractivity contribution is -0.285. The number of carbonyl (C=O) groups is 4. The van der Waals surface area contributed by atoms with Gasteiger partial charge in [-0.05, 0) is 42.3 Å². The zero-order valence-electron chi connectivity index (χ0n) is 22.6. The van der Waals surface area contributed by atoms with Gasteiger partial charge >= 0.3 is 17.9 Å². The first kappa shape index (κ1) is 29.7. The maximum Gasteiger partial charge on any atom is 0.308 e. The Morgan fingerprint density at radius 1 is 0.902 bits per heavy atom. The van der Waals surface area contributed by atoms with Crippen LogP contribution in [0, 0.1) is 0 Å². The predicted octanol–water partition coefficient (Wildman–Crippen LogP) is 2.49. The number of ketones is 1. The first-order valence-corrected chi connectivity index (χ1v) is 12.8. The summed E-state index contributed by atoms with van der Waals surface area (Å²) in [7, 11) is 0. The summed E-state index contributed by atoms with van der Waals surface area (Å²) < 4.78 is 32.8. The average Bonchev–Trinajstić information content (AvgIpc) is 3.38. The Balaban J connectivity index is 1.66. The Labute approximate surface area is 234 Å². The van der Waals surface area contributed by atoms with Crippen LogP contribution in [0.25, 0.3) is 11.0 Å². The van der Waals surface area contributed by atoms with Crippen LogP contribution >= 0.6 is 0 Å². The smallest absolute Gasteiger partial charge is 0.308 e. The van der Waals surface area contributed by atoms with Crippen molar-refractivity contribution < 1.29 is 57.5 Å². The molecule has 1 saturated heterocycles. The number of hydrogen-bond donors (Lipinski definition) is 2. The fourth-order valence-corrected chi connectivity index (χ4v) is 4.58. The van der Waals surface area contributed by atoms with E-state index in [1.807, 2.05) is 18.2 Å². The number of fused-ring (bicyclic) bond motifs is 1. The van der Waals surface area contributed by atoms with Crippen LogP contribution in [0.4, 0.5) is 0 Å². The van der Waals surface area contributed by atoms with Crippen LogP contribution in [-0.2, 0) is 35.0 Å². The number of furan rings is 1. The molecule has 12 nitrogen and oxygen atoms in total. The van der Waals surface area contributed by atoms with Gasteiger partial charge in [0.15, 0.2) is 11.9 Å². The fraction of sp³-hybridized carbons (Fsp3) is 0.379. The van der Waals surface area contributed by atoms with Crippen molar-refractivity contribution in [2.45, 2.75) is 64.3 Å². The van der Waals surface area contributed by atoms with E-state index in [2.05, 4.69) is 0 Å². The van der Waals surface area contributed by atoms with Gasteiger partial charge in [0.2, 0.25) is 12.4 Å². The van der Waals surface area contributed by atoms with E-state index in [1.165, 1.54) is 25.1 Å². The van der Waals surface area contributed by atoms with Crippen LogP contribution in [0.5, 0.6) is 11.5 Å². The molecule has 0 aliphatic carbocycles. The van der Waals surface area contributed by atoms with Gasteiger partial charge < -0.3 is 38.3 Å². The highest BCUT2D eigenvalue weighted by Crippen LogP contribution is 2.35.